The minimum atomic E-state index is 0.250. The van der Waals surface area contributed by atoms with Gasteiger partial charge in [-0.1, -0.05) is 26.0 Å². The van der Waals surface area contributed by atoms with Crippen LogP contribution in [-0.4, -0.2) is 12.6 Å². The Kier molecular flexibility index (Phi) is 4.81. The lowest BCUT2D eigenvalue weighted by atomic mass is 9.95. The summed E-state index contributed by atoms with van der Waals surface area (Å²) in [6.45, 7) is 7.65. The first-order valence-electron chi connectivity index (χ1n) is 6.01. The minimum Gasteiger partial charge on any atom is -0.497 e. The van der Waals surface area contributed by atoms with Crippen LogP contribution in [0.25, 0.3) is 0 Å². The third-order valence-electron chi connectivity index (χ3n) is 3.44. The highest BCUT2D eigenvalue weighted by Gasteiger charge is 2.17. The fourth-order valence-electron chi connectivity index (χ4n) is 1.56. The largest absolute Gasteiger partial charge is 0.497 e. The highest BCUT2D eigenvalue weighted by atomic mass is 16.5. The maximum absolute atomic E-state index is 5.14. The molecular formula is C14H23NO. The van der Waals surface area contributed by atoms with E-state index >= 15 is 0 Å². The zero-order valence-corrected chi connectivity index (χ0v) is 10.8. The molecule has 0 spiro atoms. The van der Waals surface area contributed by atoms with Gasteiger partial charge in [-0.2, -0.15) is 0 Å². The predicted molar refractivity (Wildman–Crippen MR) is 68.8 cm³/mol. The van der Waals surface area contributed by atoms with Gasteiger partial charge < -0.3 is 10.1 Å². The molecule has 1 aromatic rings. The summed E-state index contributed by atoms with van der Waals surface area (Å²) in [6.07, 6.45) is 2.30. The predicted octanol–water partition coefficient (Wildman–Crippen LogP) is 3.36. The number of hydrogen-bond donors (Lipinski definition) is 1. The molecule has 2 heteroatoms. The van der Waals surface area contributed by atoms with Gasteiger partial charge in [0.15, 0.2) is 0 Å². The first-order valence-corrected chi connectivity index (χ1v) is 6.01. The van der Waals surface area contributed by atoms with Crippen molar-refractivity contribution in [2.24, 2.45) is 0 Å². The Morgan fingerprint density at radius 3 is 2.12 bits per heavy atom. The molecule has 2 nitrogen and oxygen atoms in total. The number of hydrogen-bond acceptors (Lipinski definition) is 2. The van der Waals surface area contributed by atoms with E-state index in [0.29, 0.717) is 0 Å². The van der Waals surface area contributed by atoms with E-state index in [-0.39, 0.29) is 5.54 Å². The zero-order valence-electron chi connectivity index (χ0n) is 10.8. The summed E-state index contributed by atoms with van der Waals surface area (Å²) in [5, 5.41) is 3.61. The summed E-state index contributed by atoms with van der Waals surface area (Å²) < 4.78 is 5.14. The molecule has 0 aromatic heterocycles. The van der Waals surface area contributed by atoms with Crippen LogP contribution >= 0.6 is 0 Å². The van der Waals surface area contributed by atoms with E-state index in [0.717, 1.165) is 25.1 Å². The van der Waals surface area contributed by atoms with Crippen LogP contribution in [0.15, 0.2) is 24.3 Å². The molecule has 0 aliphatic heterocycles. The van der Waals surface area contributed by atoms with Crippen LogP contribution in [0.3, 0.4) is 0 Å². The van der Waals surface area contributed by atoms with Crippen molar-refractivity contribution >= 4 is 0 Å². The van der Waals surface area contributed by atoms with Gasteiger partial charge in [-0.15, -0.1) is 0 Å². The topological polar surface area (TPSA) is 21.3 Å². The molecule has 0 aliphatic carbocycles. The average Bonchev–Trinajstić information content (AvgIpc) is 2.36. The van der Waals surface area contributed by atoms with Gasteiger partial charge >= 0.3 is 0 Å². The maximum Gasteiger partial charge on any atom is 0.118 e. The summed E-state index contributed by atoms with van der Waals surface area (Å²) >= 11 is 0. The monoisotopic (exact) mass is 221 g/mol. The molecule has 1 aromatic carbocycles. The number of benzene rings is 1. The van der Waals surface area contributed by atoms with Crippen molar-refractivity contribution in [3.05, 3.63) is 29.8 Å². The summed E-state index contributed by atoms with van der Waals surface area (Å²) in [7, 11) is 1.69. The Labute approximate surface area is 99.0 Å². The number of nitrogens with one attached hydrogen (secondary N) is 1. The normalized spacial score (nSPS) is 11.5. The van der Waals surface area contributed by atoms with E-state index < -0.39 is 0 Å². The van der Waals surface area contributed by atoms with E-state index in [9.17, 15) is 0 Å². The smallest absolute Gasteiger partial charge is 0.118 e. The van der Waals surface area contributed by atoms with E-state index in [1.54, 1.807) is 7.11 Å². The maximum atomic E-state index is 5.14. The third-order valence-corrected chi connectivity index (χ3v) is 3.44. The van der Waals surface area contributed by atoms with Crippen molar-refractivity contribution < 1.29 is 4.74 Å². The van der Waals surface area contributed by atoms with Gasteiger partial charge in [-0.05, 0) is 37.5 Å². The van der Waals surface area contributed by atoms with Gasteiger partial charge in [0.2, 0.25) is 0 Å². The van der Waals surface area contributed by atoms with Crippen molar-refractivity contribution in [3.8, 4) is 5.75 Å². The highest BCUT2D eigenvalue weighted by molar-refractivity contribution is 5.27. The van der Waals surface area contributed by atoms with Crippen molar-refractivity contribution in [1.29, 1.82) is 0 Å². The molecule has 1 N–H and O–H groups in total. The van der Waals surface area contributed by atoms with Crippen LogP contribution in [0.2, 0.25) is 0 Å². The van der Waals surface area contributed by atoms with Crippen molar-refractivity contribution in [3.63, 3.8) is 0 Å². The molecule has 1 rings (SSSR count). The Morgan fingerprint density at radius 1 is 1.12 bits per heavy atom. The number of methoxy groups -OCH3 is 1. The molecule has 0 atom stereocenters. The minimum absolute atomic E-state index is 0.250. The number of rotatable bonds is 6. The van der Waals surface area contributed by atoms with E-state index in [2.05, 4.69) is 38.2 Å². The Balaban J connectivity index is 2.54. The van der Waals surface area contributed by atoms with Crippen LogP contribution < -0.4 is 10.1 Å². The molecular weight excluding hydrogens is 198 g/mol. The van der Waals surface area contributed by atoms with Crippen LogP contribution in [0, 0.1) is 0 Å². The molecule has 0 amide bonds. The van der Waals surface area contributed by atoms with Crippen molar-refractivity contribution in [1.82, 2.24) is 5.32 Å². The molecule has 0 aliphatic rings. The SMILES string of the molecule is CCC(C)(CC)NCc1ccc(OC)cc1. The Bertz CT molecular complexity index is 301. The summed E-state index contributed by atoms with van der Waals surface area (Å²) in [5.74, 6) is 0.914. The van der Waals surface area contributed by atoms with Gasteiger partial charge in [-0.3, -0.25) is 0 Å². The molecule has 16 heavy (non-hydrogen) atoms. The fourth-order valence-corrected chi connectivity index (χ4v) is 1.56. The van der Waals surface area contributed by atoms with Gasteiger partial charge in [0, 0.05) is 12.1 Å². The first kappa shape index (κ1) is 13.0. The van der Waals surface area contributed by atoms with Crippen molar-refractivity contribution in [2.75, 3.05) is 7.11 Å². The van der Waals surface area contributed by atoms with Gasteiger partial charge in [0.1, 0.15) is 5.75 Å². The average molecular weight is 221 g/mol. The second kappa shape index (κ2) is 5.90. The lowest BCUT2D eigenvalue weighted by molar-refractivity contribution is 0.329. The molecule has 0 heterocycles. The van der Waals surface area contributed by atoms with E-state index in [1.807, 2.05) is 12.1 Å². The van der Waals surface area contributed by atoms with Crippen LogP contribution in [-0.2, 0) is 6.54 Å². The molecule has 0 radical (unpaired) electrons. The Hall–Kier alpha value is -1.02. The van der Waals surface area contributed by atoms with Gasteiger partial charge in [0.25, 0.3) is 0 Å². The van der Waals surface area contributed by atoms with E-state index in [1.165, 1.54) is 5.56 Å². The molecule has 0 saturated heterocycles. The second-order valence-electron chi connectivity index (χ2n) is 4.47. The van der Waals surface area contributed by atoms with E-state index in [4.69, 9.17) is 4.74 Å². The van der Waals surface area contributed by atoms with Gasteiger partial charge in [0.05, 0.1) is 7.11 Å². The summed E-state index contributed by atoms with van der Waals surface area (Å²) in [5.41, 5.74) is 1.55. The summed E-state index contributed by atoms with van der Waals surface area (Å²) in [4.78, 5) is 0. The molecule has 0 fully saturated rings. The first-order chi connectivity index (χ1) is 7.63. The lowest BCUT2D eigenvalue weighted by Crippen LogP contribution is -2.40. The van der Waals surface area contributed by atoms with Crippen molar-refractivity contribution in [2.45, 2.75) is 45.7 Å². The summed E-state index contributed by atoms with van der Waals surface area (Å²) in [6, 6.07) is 8.23. The highest BCUT2D eigenvalue weighted by Crippen LogP contribution is 2.16. The second-order valence-corrected chi connectivity index (χ2v) is 4.47. The third kappa shape index (κ3) is 3.53. The lowest BCUT2D eigenvalue weighted by Gasteiger charge is -2.28. The van der Waals surface area contributed by atoms with Crippen LogP contribution in [0.4, 0.5) is 0 Å². The zero-order chi connectivity index (χ0) is 12.0. The van der Waals surface area contributed by atoms with Gasteiger partial charge in [-0.25, -0.2) is 0 Å². The fraction of sp³-hybridized carbons (Fsp3) is 0.571. The molecule has 0 unspecified atom stereocenters. The molecule has 0 bridgehead atoms. The van der Waals surface area contributed by atoms with Crippen LogP contribution in [0.5, 0.6) is 5.75 Å². The molecule has 90 valence electrons. The Morgan fingerprint density at radius 2 is 1.69 bits per heavy atom. The number of ether oxygens (including phenoxy) is 1. The molecule has 0 saturated carbocycles. The standard InChI is InChI=1S/C14H23NO/c1-5-14(3,6-2)15-11-12-7-9-13(16-4)10-8-12/h7-10,15H,5-6,11H2,1-4H3. The quantitative estimate of drug-likeness (QED) is 0.795. The van der Waals surface area contributed by atoms with Crippen LogP contribution in [0.1, 0.15) is 39.2 Å².